The monoisotopic (exact) mass is 344 g/mol. The van der Waals surface area contributed by atoms with Crippen molar-refractivity contribution in [1.82, 2.24) is 4.57 Å². The lowest BCUT2D eigenvalue weighted by atomic mass is 9.82. The molecule has 0 radical (unpaired) electrons. The van der Waals surface area contributed by atoms with Crippen molar-refractivity contribution in [2.45, 2.75) is 30.9 Å². The van der Waals surface area contributed by atoms with E-state index in [4.69, 9.17) is 5.26 Å². The Morgan fingerprint density at radius 3 is 2.33 bits per heavy atom. The number of nitrogens with zero attached hydrogens (tertiary/aromatic N) is 2. The smallest absolute Gasteiger partial charge is 0.320 e. The zero-order valence-electron chi connectivity index (χ0n) is 12.0. The van der Waals surface area contributed by atoms with Crippen molar-refractivity contribution in [3.05, 3.63) is 53.1 Å². The van der Waals surface area contributed by atoms with E-state index in [1.54, 1.807) is 0 Å². The first-order chi connectivity index (χ1) is 11.1. The third-order valence-electron chi connectivity index (χ3n) is 4.10. The molecule has 0 saturated heterocycles. The second-order valence-electron chi connectivity index (χ2n) is 5.57. The molecule has 24 heavy (non-hydrogen) atoms. The second-order valence-corrected chi connectivity index (χ2v) is 5.57. The molecule has 0 fully saturated rings. The summed E-state index contributed by atoms with van der Waals surface area (Å²) < 4.78 is 81.9. The molecular formula is C16H10F6N2. The Bertz CT molecular complexity index is 811. The molecule has 1 aromatic heterocycles. The molecule has 1 unspecified atom stereocenters. The van der Waals surface area contributed by atoms with Crippen LogP contribution in [0.25, 0.3) is 5.69 Å². The number of hydrogen-bond donors (Lipinski definition) is 0. The van der Waals surface area contributed by atoms with Gasteiger partial charge < -0.3 is 4.57 Å². The van der Waals surface area contributed by atoms with E-state index in [-0.39, 0.29) is 17.8 Å². The number of benzene rings is 1. The molecule has 1 aliphatic rings. The van der Waals surface area contributed by atoms with Gasteiger partial charge in [-0.2, -0.15) is 18.4 Å². The van der Waals surface area contributed by atoms with Crippen LogP contribution in [0.3, 0.4) is 0 Å². The molecule has 126 valence electrons. The lowest BCUT2D eigenvalue weighted by Gasteiger charge is -2.29. The van der Waals surface area contributed by atoms with Gasteiger partial charge in [-0.15, -0.1) is 0 Å². The van der Waals surface area contributed by atoms with Crippen molar-refractivity contribution >= 4 is 0 Å². The fourth-order valence-electron chi connectivity index (χ4n) is 3.00. The fourth-order valence-corrected chi connectivity index (χ4v) is 3.00. The molecule has 0 N–H and O–H groups in total. The third-order valence-corrected chi connectivity index (χ3v) is 4.10. The van der Waals surface area contributed by atoms with E-state index in [2.05, 4.69) is 0 Å². The minimum absolute atomic E-state index is 0.00593. The SMILES string of the molecule is N#CC1c2c(C(F)(F)F)cn(-c3ccc(F)cc3)c2CCC1(F)F. The van der Waals surface area contributed by atoms with E-state index in [1.165, 1.54) is 18.2 Å². The number of hydrogen-bond acceptors (Lipinski definition) is 1. The maximum absolute atomic E-state index is 13.9. The molecule has 0 aliphatic heterocycles. The molecule has 0 spiro atoms. The Balaban J connectivity index is 2.27. The summed E-state index contributed by atoms with van der Waals surface area (Å²) in [6.07, 6.45) is -5.21. The van der Waals surface area contributed by atoms with Crippen LogP contribution in [0.15, 0.2) is 30.5 Å². The molecule has 1 aromatic carbocycles. The number of fused-ring (bicyclic) bond motifs is 1. The molecule has 1 heterocycles. The van der Waals surface area contributed by atoms with Gasteiger partial charge in [0.15, 0.2) is 0 Å². The molecule has 8 heteroatoms. The molecule has 2 aromatic rings. The average Bonchev–Trinajstić information content (AvgIpc) is 2.86. The first kappa shape index (κ1) is 16.4. The van der Waals surface area contributed by atoms with Crippen LogP contribution in [0.4, 0.5) is 26.3 Å². The Kier molecular flexibility index (Phi) is 3.62. The molecule has 1 aliphatic carbocycles. The zero-order valence-corrected chi connectivity index (χ0v) is 12.0. The van der Waals surface area contributed by atoms with Crippen LogP contribution in [0.2, 0.25) is 0 Å². The molecule has 3 rings (SSSR count). The van der Waals surface area contributed by atoms with E-state index >= 15 is 0 Å². The molecule has 1 atom stereocenters. The largest absolute Gasteiger partial charge is 0.418 e. The Hall–Kier alpha value is -2.43. The number of rotatable bonds is 1. The first-order valence-corrected chi connectivity index (χ1v) is 7.00. The highest BCUT2D eigenvalue weighted by atomic mass is 19.4. The van der Waals surface area contributed by atoms with Crippen LogP contribution in [0, 0.1) is 17.1 Å². The molecule has 0 bridgehead atoms. The maximum Gasteiger partial charge on any atom is 0.418 e. The van der Waals surface area contributed by atoms with E-state index in [0.717, 1.165) is 16.7 Å². The number of alkyl halides is 5. The summed E-state index contributed by atoms with van der Waals surface area (Å²) in [5.74, 6) is -6.27. The molecule has 2 nitrogen and oxygen atoms in total. The summed E-state index contributed by atoms with van der Waals surface area (Å²) in [4.78, 5) is 0. The van der Waals surface area contributed by atoms with Gasteiger partial charge in [0, 0.05) is 29.6 Å². The number of halogens is 6. The Morgan fingerprint density at radius 2 is 1.79 bits per heavy atom. The van der Waals surface area contributed by atoms with Crippen molar-refractivity contribution in [3.63, 3.8) is 0 Å². The highest BCUT2D eigenvalue weighted by Gasteiger charge is 2.51. The predicted octanol–water partition coefficient (Wildman–Crippen LogP) is 4.82. The van der Waals surface area contributed by atoms with E-state index in [1.807, 2.05) is 0 Å². The van der Waals surface area contributed by atoms with Gasteiger partial charge in [-0.1, -0.05) is 0 Å². The van der Waals surface area contributed by atoms with Crippen molar-refractivity contribution in [2.24, 2.45) is 0 Å². The van der Waals surface area contributed by atoms with Crippen LogP contribution in [-0.2, 0) is 12.6 Å². The second kappa shape index (κ2) is 5.30. The molecule has 0 amide bonds. The van der Waals surface area contributed by atoms with E-state index < -0.39 is 41.4 Å². The number of nitriles is 1. The van der Waals surface area contributed by atoms with Crippen LogP contribution in [0.1, 0.15) is 29.2 Å². The third kappa shape index (κ3) is 2.54. The van der Waals surface area contributed by atoms with E-state index in [0.29, 0.717) is 6.20 Å². The Labute approximate surface area is 132 Å². The minimum atomic E-state index is -4.88. The van der Waals surface area contributed by atoms with E-state index in [9.17, 15) is 26.3 Å². The summed E-state index contributed by atoms with van der Waals surface area (Å²) >= 11 is 0. The van der Waals surface area contributed by atoms with Crippen LogP contribution in [-0.4, -0.2) is 10.5 Å². The highest BCUT2D eigenvalue weighted by molar-refractivity contribution is 5.49. The van der Waals surface area contributed by atoms with Crippen molar-refractivity contribution < 1.29 is 26.3 Å². The average molecular weight is 344 g/mol. The van der Waals surface area contributed by atoms with Gasteiger partial charge in [0.05, 0.1) is 11.6 Å². The predicted molar refractivity (Wildman–Crippen MR) is 72.4 cm³/mol. The summed E-state index contributed by atoms with van der Waals surface area (Å²) in [6.45, 7) is 0. The topological polar surface area (TPSA) is 28.7 Å². The summed E-state index contributed by atoms with van der Waals surface area (Å²) in [5.41, 5.74) is -1.73. The fraction of sp³-hybridized carbons (Fsp3) is 0.312. The van der Waals surface area contributed by atoms with Gasteiger partial charge in [-0.3, -0.25) is 0 Å². The van der Waals surface area contributed by atoms with Gasteiger partial charge >= 0.3 is 6.18 Å². The summed E-state index contributed by atoms with van der Waals surface area (Å²) in [7, 11) is 0. The van der Waals surface area contributed by atoms with Gasteiger partial charge in [0.2, 0.25) is 0 Å². The highest BCUT2D eigenvalue weighted by Crippen LogP contribution is 2.49. The van der Waals surface area contributed by atoms with Crippen LogP contribution >= 0.6 is 0 Å². The Morgan fingerprint density at radius 1 is 1.17 bits per heavy atom. The van der Waals surface area contributed by atoms with Gasteiger partial charge in [-0.25, -0.2) is 13.2 Å². The summed E-state index contributed by atoms with van der Waals surface area (Å²) in [6, 6.07) is 5.95. The van der Waals surface area contributed by atoms with Crippen molar-refractivity contribution in [3.8, 4) is 11.8 Å². The summed E-state index contributed by atoms with van der Waals surface area (Å²) in [5, 5.41) is 9.02. The minimum Gasteiger partial charge on any atom is -0.320 e. The van der Waals surface area contributed by atoms with Gasteiger partial charge in [-0.05, 0) is 30.7 Å². The number of aromatic nitrogens is 1. The van der Waals surface area contributed by atoms with Gasteiger partial charge in [0.1, 0.15) is 11.7 Å². The van der Waals surface area contributed by atoms with Crippen molar-refractivity contribution in [1.29, 1.82) is 5.26 Å². The quantitative estimate of drug-likeness (QED) is 0.682. The lowest BCUT2D eigenvalue weighted by molar-refractivity contribution is -0.139. The van der Waals surface area contributed by atoms with Crippen molar-refractivity contribution in [2.75, 3.05) is 0 Å². The maximum atomic E-state index is 13.9. The standard InChI is InChI=1S/C16H10F6N2/c17-9-1-3-10(4-2-9)24-8-12(16(20,21)22)14-11(7-23)15(18,19)6-5-13(14)24/h1-4,8,11H,5-6H2. The molecule has 0 saturated carbocycles. The zero-order chi connectivity index (χ0) is 17.7. The first-order valence-electron chi connectivity index (χ1n) is 7.00. The van der Waals surface area contributed by atoms with Gasteiger partial charge in [0.25, 0.3) is 5.92 Å². The lowest BCUT2D eigenvalue weighted by Crippen LogP contribution is -2.32. The van der Waals surface area contributed by atoms with Crippen LogP contribution < -0.4 is 0 Å². The van der Waals surface area contributed by atoms with Crippen LogP contribution in [0.5, 0.6) is 0 Å². The normalized spacial score (nSPS) is 19.6. The molecular weight excluding hydrogens is 334 g/mol.